The van der Waals surface area contributed by atoms with Crippen LogP contribution in [0.5, 0.6) is 0 Å². The fourth-order valence-electron chi connectivity index (χ4n) is 4.77. The molecule has 1 atom stereocenters. The summed E-state index contributed by atoms with van der Waals surface area (Å²) in [6.45, 7) is 5.60. The van der Waals surface area contributed by atoms with Gasteiger partial charge in [-0.1, -0.05) is 60.2 Å². The topological polar surface area (TPSA) is 62.3 Å². The molecule has 1 N–H and O–H groups in total. The minimum absolute atomic E-state index is 0.0160. The molecule has 0 saturated carbocycles. The van der Waals surface area contributed by atoms with Crippen molar-refractivity contribution in [2.24, 2.45) is 5.41 Å². The van der Waals surface area contributed by atoms with Crippen molar-refractivity contribution in [3.63, 3.8) is 0 Å². The van der Waals surface area contributed by atoms with E-state index in [1.165, 1.54) is 5.56 Å². The van der Waals surface area contributed by atoms with Gasteiger partial charge in [0, 0.05) is 25.8 Å². The average Bonchev–Trinajstić information content (AvgIpc) is 2.85. The van der Waals surface area contributed by atoms with E-state index < -0.39 is 5.41 Å². The van der Waals surface area contributed by atoms with Crippen LogP contribution in [0.2, 0.25) is 0 Å². The third-order valence-electron chi connectivity index (χ3n) is 6.48. The summed E-state index contributed by atoms with van der Waals surface area (Å²) in [6.07, 6.45) is 3.73. The van der Waals surface area contributed by atoms with E-state index in [9.17, 15) is 9.59 Å². The molecule has 1 saturated heterocycles. The van der Waals surface area contributed by atoms with E-state index in [0.29, 0.717) is 31.7 Å². The maximum Gasteiger partial charge on any atom is 0.272 e. The number of aromatic nitrogens is 1. The van der Waals surface area contributed by atoms with Crippen LogP contribution in [-0.4, -0.2) is 41.3 Å². The number of carbonyl (C=O) groups is 2. The molecular formula is C28H31N3O2. The summed E-state index contributed by atoms with van der Waals surface area (Å²) in [5.74, 6) is -0.0991. The Morgan fingerprint density at radius 1 is 1.03 bits per heavy atom. The number of hydrogen-bond donors (Lipinski definition) is 1. The van der Waals surface area contributed by atoms with Crippen molar-refractivity contribution in [1.82, 2.24) is 15.2 Å². The van der Waals surface area contributed by atoms with Crippen LogP contribution in [0.4, 0.5) is 0 Å². The maximum atomic E-state index is 13.5. The number of rotatable bonds is 6. The molecule has 0 radical (unpaired) electrons. The van der Waals surface area contributed by atoms with Crippen LogP contribution < -0.4 is 5.32 Å². The Balaban J connectivity index is 1.68. The molecule has 2 amide bonds. The first-order chi connectivity index (χ1) is 16.0. The quantitative estimate of drug-likeness (QED) is 0.605. The summed E-state index contributed by atoms with van der Waals surface area (Å²) in [4.78, 5) is 32.7. The Morgan fingerprint density at radius 3 is 2.52 bits per heavy atom. The summed E-state index contributed by atoms with van der Waals surface area (Å²) < 4.78 is 0. The van der Waals surface area contributed by atoms with Crippen molar-refractivity contribution in [2.45, 2.75) is 33.1 Å². The highest BCUT2D eigenvalue weighted by molar-refractivity contribution is 5.93. The number of benzene rings is 2. The zero-order valence-electron chi connectivity index (χ0n) is 19.4. The second-order valence-electron chi connectivity index (χ2n) is 8.88. The summed E-state index contributed by atoms with van der Waals surface area (Å²) in [5, 5.41) is 3.05. The number of nitrogens with zero attached hydrogens (tertiary/aromatic N) is 2. The van der Waals surface area contributed by atoms with E-state index in [4.69, 9.17) is 0 Å². The van der Waals surface area contributed by atoms with Gasteiger partial charge in [0.25, 0.3) is 5.91 Å². The zero-order chi connectivity index (χ0) is 23.3. The normalized spacial score (nSPS) is 18.1. The molecule has 4 rings (SSSR count). The first kappa shape index (κ1) is 22.7. The lowest BCUT2D eigenvalue weighted by Crippen LogP contribution is -2.54. The van der Waals surface area contributed by atoms with Crippen molar-refractivity contribution in [1.29, 1.82) is 0 Å². The highest BCUT2D eigenvalue weighted by Crippen LogP contribution is 2.37. The van der Waals surface area contributed by atoms with Crippen molar-refractivity contribution in [3.05, 3.63) is 89.7 Å². The third kappa shape index (κ3) is 4.98. The van der Waals surface area contributed by atoms with Gasteiger partial charge in [0.05, 0.1) is 5.41 Å². The van der Waals surface area contributed by atoms with Crippen LogP contribution in [0, 0.1) is 12.3 Å². The van der Waals surface area contributed by atoms with Crippen LogP contribution in [-0.2, 0) is 11.2 Å². The van der Waals surface area contributed by atoms with Gasteiger partial charge in [-0.3, -0.25) is 14.6 Å². The molecule has 33 heavy (non-hydrogen) atoms. The predicted molar refractivity (Wildman–Crippen MR) is 131 cm³/mol. The second kappa shape index (κ2) is 9.99. The predicted octanol–water partition coefficient (Wildman–Crippen LogP) is 4.66. The number of carbonyl (C=O) groups excluding carboxylic acids is 2. The van der Waals surface area contributed by atoms with E-state index in [2.05, 4.69) is 53.6 Å². The molecule has 1 aromatic heterocycles. The fraction of sp³-hybridized carbons (Fsp3) is 0.321. The molecule has 0 aliphatic carbocycles. The summed E-state index contributed by atoms with van der Waals surface area (Å²) in [7, 11) is 0. The summed E-state index contributed by atoms with van der Waals surface area (Å²) in [5.41, 5.74) is 4.35. The number of pyridine rings is 1. The lowest BCUT2D eigenvalue weighted by molar-refractivity contribution is -0.133. The molecule has 5 heteroatoms. The molecule has 0 spiro atoms. The number of hydrogen-bond acceptors (Lipinski definition) is 3. The monoisotopic (exact) mass is 441 g/mol. The molecule has 5 nitrogen and oxygen atoms in total. The Hall–Kier alpha value is -3.47. The van der Waals surface area contributed by atoms with Crippen molar-refractivity contribution in [2.75, 3.05) is 19.6 Å². The second-order valence-corrected chi connectivity index (χ2v) is 8.88. The van der Waals surface area contributed by atoms with E-state index in [1.54, 1.807) is 23.2 Å². The van der Waals surface area contributed by atoms with Gasteiger partial charge in [0.15, 0.2) is 0 Å². The lowest BCUT2D eigenvalue weighted by atomic mass is 9.73. The molecule has 1 aliphatic heterocycles. The van der Waals surface area contributed by atoms with E-state index >= 15 is 0 Å². The Bertz CT molecular complexity index is 1110. The number of amides is 2. The van der Waals surface area contributed by atoms with E-state index in [-0.39, 0.29) is 11.8 Å². The highest BCUT2D eigenvalue weighted by atomic mass is 16.2. The van der Waals surface area contributed by atoms with Crippen molar-refractivity contribution >= 4 is 11.8 Å². The number of piperidine rings is 1. The number of likely N-dealkylation sites (tertiary alicyclic amines) is 1. The molecule has 1 aliphatic rings. The average molecular weight is 442 g/mol. The number of aryl methyl sites for hydroxylation is 1. The van der Waals surface area contributed by atoms with Crippen LogP contribution in [0.1, 0.15) is 41.4 Å². The molecular weight excluding hydrogens is 410 g/mol. The first-order valence-corrected chi connectivity index (χ1v) is 11.7. The van der Waals surface area contributed by atoms with Crippen molar-refractivity contribution < 1.29 is 9.59 Å². The molecule has 2 aromatic carbocycles. The van der Waals surface area contributed by atoms with Gasteiger partial charge >= 0.3 is 0 Å². The van der Waals surface area contributed by atoms with Crippen LogP contribution in [0.15, 0.2) is 72.9 Å². The maximum absolute atomic E-state index is 13.5. The lowest BCUT2D eigenvalue weighted by Gasteiger charge is -2.42. The van der Waals surface area contributed by atoms with Gasteiger partial charge in [-0.25, -0.2) is 0 Å². The molecule has 1 fully saturated rings. The van der Waals surface area contributed by atoms with Crippen LogP contribution >= 0.6 is 0 Å². The SMILES string of the molecule is CCNC(=O)[C@@]1(Cc2ccccc2-c2ccc(C)cc2)CCCN(C(=O)c2ccccn2)C1. The van der Waals surface area contributed by atoms with Gasteiger partial charge in [0.1, 0.15) is 5.69 Å². The summed E-state index contributed by atoms with van der Waals surface area (Å²) >= 11 is 0. The van der Waals surface area contributed by atoms with E-state index in [1.807, 2.05) is 25.1 Å². The van der Waals surface area contributed by atoms with Gasteiger partial charge in [-0.15, -0.1) is 0 Å². The first-order valence-electron chi connectivity index (χ1n) is 11.7. The molecule has 3 aromatic rings. The minimum atomic E-state index is -0.681. The van der Waals surface area contributed by atoms with Gasteiger partial charge in [0.2, 0.25) is 5.91 Å². The smallest absolute Gasteiger partial charge is 0.272 e. The molecule has 0 unspecified atom stereocenters. The molecule has 2 heterocycles. The van der Waals surface area contributed by atoms with Gasteiger partial charge in [-0.05, 0) is 61.9 Å². The Morgan fingerprint density at radius 2 is 1.79 bits per heavy atom. The molecule has 170 valence electrons. The van der Waals surface area contributed by atoms with Crippen LogP contribution in [0.3, 0.4) is 0 Å². The standard InChI is InChI=1S/C28H31N3O2/c1-3-29-27(33)28(16-8-18-31(20-28)26(32)25-11-6-7-17-30-25)19-23-9-4-5-10-24(23)22-14-12-21(2)13-15-22/h4-7,9-15,17H,3,8,16,18-20H2,1-2H3,(H,29,33)/t28-/m1/s1. The fourth-order valence-corrected chi connectivity index (χ4v) is 4.77. The Labute approximate surface area is 195 Å². The summed E-state index contributed by atoms with van der Waals surface area (Å²) in [6, 6.07) is 22.1. The highest BCUT2D eigenvalue weighted by Gasteiger charge is 2.44. The van der Waals surface area contributed by atoms with Crippen LogP contribution in [0.25, 0.3) is 11.1 Å². The largest absolute Gasteiger partial charge is 0.356 e. The number of nitrogens with one attached hydrogen (secondary N) is 1. The Kier molecular flexibility index (Phi) is 6.87. The zero-order valence-corrected chi connectivity index (χ0v) is 19.4. The van der Waals surface area contributed by atoms with Gasteiger partial charge < -0.3 is 10.2 Å². The van der Waals surface area contributed by atoms with Gasteiger partial charge in [-0.2, -0.15) is 0 Å². The van der Waals surface area contributed by atoms with E-state index in [0.717, 1.165) is 29.5 Å². The molecule has 0 bridgehead atoms. The third-order valence-corrected chi connectivity index (χ3v) is 6.48. The minimum Gasteiger partial charge on any atom is -0.356 e. The van der Waals surface area contributed by atoms with Crippen molar-refractivity contribution in [3.8, 4) is 11.1 Å².